The number of carbonyl (C=O) groups excluding carboxylic acids is 1. The van der Waals surface area contributed by atoms with Crippen LogP contribution < -0.4 is 11.1 Å². The zero-order chi connectivity index (χ0) is 21.2. The number of H-pyrrole nitrogens is 1. The number of carbonyl (C=O) groups is 1. The van der Waals surface area contributed by atoms with Crippen LogP contribution in [0, 0.1) is 0 Å². The molecule has 6 nitrogen and oxygen atoms in total. The average molecular weight is 426 g/mol. The number of nitrogens with zero attached hydrogens (tertiary/aromatic N) is 2. The average Bonchev–Trinajstić information content (AvgIpc) is 3.45. The molecule has 4 aromatic heterocycles. The quantitative estimate of drug-likeness (QED) is 0.354. The summed E-state index contributed by atoms with van der Waals surface area (Å²) < 4.78 is 1.01. The Morgan fingerprint density at radius 1 is 1.19 bits per heavy atom. The molecule has 1 aromatic carbocycles. The molecule has 0 radical (unpaired) electrons. The molecular weight excluding hydrogens is 406 g/mol. The van der Waals surface area contributed by atoms with Gasteiger partial charge in [0.2, 0.25) is 5.91 Å². The summed E-state index contributed by atoms with van der Waals surface area (Å²) in [7, 11) is 0. The molecule has 0 saturated heterocycles. The molecule has 0 aliphatic carbocycles. The number of thiophene rings is 1. The van der Waals surface area contributed by atoms with E-state index in [0.717, 1.165) is 43.2 Å². The molecular formula is C24H19N5OS. The van der Waals surface area contributed by atoms with E-state index in [0.29, 0.717) is 12.4 Å². The first-order chi connectivity index (χ1) is 15.2. The Bertz CT molecular complexity index is 1420. The molecule has 152 valence electrons. The van der Waals surface area contributed by atoms with Crippen molar-refractivity contribution in [3.05, 3.63) is 83.8 Å². The Morgan fingerprint density at radius 2 is 2.06 bits per heavy atom. The Labute approximate surface area is 182 Å². The van der Waals surface area contributed by atoms with Crippen molar-refractivity contribution in [2.45, 2.75) is 6.54 Å². The molecule has 0 bridgehead atoms. The van der Waals surface area contributed by atoms with E-state index in [1.165, 1.54) is 6.08 Å². The van der Waals surface area contributed by atoms with E-state index in [4.69, 9.17) is 5.73 Å². The fourth-order valence-electron chi connectivity index (χ4n) is 3.55. The maximum Gasteiger partial charge on any atom is 0.244 e. The van der Waals surface area contributed by atoms with Crippen molar-refractivity contribution >= 4 is 50.1 Å². The zero-order valence-electron chi connectivity index (χ0n) is 16.5. The third-order valence-corrected chi connectivity index (χ3v) is 6.18. The van der Waals surface area contributed by atoms with E-state index in [1.54, 1.807) is 36.0 Å². The van der Waals surface area contributed by atoms with Gasteiger partial charge in [-0.15, -0.1) is 11.3 Å². The highest BCUT2D eigenvalue weighted by Crippen LogP contribution is 2.39. The number of hydrogen-bond acceptors (Lipinski definition) is 5. The summed E-state index contributed by atoms with van der Waals surface area (Å²) in [6.45, 7) is 0.450. The summed E-state index contributed by atoms with van der Waals surface area (Å²) >= 11 is 1.60. The van der Waals surface area contributed by atoms with Gasteiger partial charge < -0.3 is 16.0 Å². The summed E-state index contributed by atoms with van der Waals surface area (Å²) in [6.07, 6.45) is 10.4. The van der Waals surface area contributed by atoms with Crippen LogP contribution in [-0.4, -0.2) is 20.9 Å². The molecule has 5 rings (SSSR count). The monoisotopic (exact) mass is 425 g/mol. The Morgan fingerprint density at radius 3 is 2.94 bits per heavy atom. The van der Waals surface area contributed by atoms with Crippen molar-refractivity contribution in [1.82, 2.24) is 20.3 Å². The molecule has 7 heteroatoms. The number of benzene rings is 1. The largest absolute Gasteiger partial charge is 0.383 e. The normalized spacial score (nSPS) is 11.5. The molecule has 0 unspecified atom stereocenters. The number of hydrogen-bond donors (Lipinski definition) is 3. The standard InChI is InChI=1S/C24H19N5OS/c25-24-22-19(16-1-3-20-17(11-16)7-10-27-20)14-31-23(22)18(13-29-24)2-4-21(30)28-12-15-5-8-26-9-6-15/h1-11,13-14,27H,12H2,(H2,25,29)(H,28,30). The van der Waals surface area contributed by atoms with Crippen molar-refractivity contribution in [3.8, 4) is 11.1 Å². The second-order valence-corrected chi connectivity index (χ2v) is 8.02. The van der Waals surface area contributed by atoms with E-state index >= 15 is 0 Å². The second kappa shape index (κ2) is 8.04. The highest BCUT2D eigenvalue weighted by atomic mass is 32.1. The predicted octanol–water partition coefficient (Wildman–Crippen LogP) is 4.75. The number of nitrogens with two attached hydrogens (primary N) is 1. The molecule has 5 aromatic rings. The van der Waals surface area contributed by atoms with E-state index in [2.05, 4.69) is 43.8 Å². The summed E-state index contributed by atoms with van der Waals surface area (Å²) in [6, 6.07) is 12.1. The molecule has 1 amide bonds. The Kier molecular flexibility index (Phi) is 4.93. The number of fused-ring (bicyclic) bond motifs is 2. The summed E-state index contributed by atoms with van der Waals surface area (Å²) in [5, 5.41) is 7.03. The topological polar surface area (TPSA) is 96.7 Å². The molecule has 0 atom stereocenters. The van der Waals surface area contributed by atoms with Crippen molar-refractivity contribution in [2.24, 2.45) is 0 Å². The summed E-state index contributed by atoms with van der Waals surface area (Å²) in [5.74, 6) is 0.316. The maximum atomic E-state index is 12.3. The van der Waals surface area contributed by atoms with Crippen molar-refractivity contribution in [1.29, 1.82) is 0 Å². The first-order valence-corrected chi connectivity index (χ1v) is 10.6. The number of aromatic amines is 1. The lowest BCUT2D eigenvalue weighted by molar-refractivity contribution is -0.116. The fourth-order valence-corrected chi connectivity index (χ4v) is 4.63. The molecule has 4 heterocycles. The third kappa shape index (κ3) is 3.78. The van der Waals surface area contributed by atoms with Crippen molar-refractivity contribution < 1.29 is 4.79 Å². The van der Waals surface area contributed by atoms with Crippen LogP contribution in [-0.2, 0) is 11.3 Å². The lowest BCUT2D eigenvalue weighted by atomic mass is 10.0. The van der Waals surface area contributed by atoms with Gasteiger partial charge in [-0.1, -0.05) is 6.07 Å². The molecule has 0 aliphatic rings. The number of nitrogens with one attached hydrogen (secondary N) is 2. The van der Waals surface area contributed by atoms with Crippen LogP contribution in [0.2, 0.25) is 0 Å². The van der Waals surface area contributed by atoms with Crippen LogP contribution in [0.1, 0.15) is 11.1 Å². The molecule has 4 N–H and O–H groups in total. The molecule has 31 heavy (non-hydrogen) atoms. The first-order valence-electron chi connectivity index (χ1n) is 9.77. The van der Waals surface area contributed by atoms with Gasteiger partial charge in [0, 0.05) is 64.1 Å². The highest BCUT2D eigenvalue weighted by molar-refractivity contribution is 7.18. The van der Waals surface area contributed by atoms with Crippen LogP contribution in [0.4, 0.5) is 5.82 Å². The highest BCUT2D eigenvalue weighted by Gasteiger charge is 2.14. The van der Waals surface area contributed by atoms with Gasteiger partial charge in [0.25, 0.3) is 0 Å². The minimum Gasteiger partial charge on any atom is -0.383 e. The van der Waals surface area contributed by atoms with E-state index < -0.39 is 0 Å². The number of nitrogen functional groups attached to an aromatic ring is 1. The minimum absolute atomic E-state index is 0.170. The van der Waals surface area contributed by atoms with Crippen LogP contribution in [0.3, 0.4) is 0 Å². The van der Waals surface area contributed by atoms with Crippen molar-refractivity contribution in [3.63, 3.8) is 0 Å². The molecule has 0 saturated carbocycles. The summed E-state index contributed by atoms with van der Waals surface area (Å²) in [4.78, 5) is 23.8. The van der Waals surface area contributed by atoms with Crippen LogP contribution >= 0.6 is 11.3 Å². The van der Waals surface area contributed by atoms with Gasteiger partial charge in [0.15, 0.2) is 0 Å². The Balaban J connectivity index is 1.43. The predicted molar refractivity (Wildman–Crippen MR) is 126 cm³/mol. The van der Waals surface area contributed by atoms with Gasteiger partial charge in [-0.25, -0.2) is 4.98 Å². The smallest absolute Gasteiger partial charge is 0.244 e. The van der Waals surface area contributed by atoms with Gasteiger partial charge in [-0.3, -0.25) is 9.78 Å². The van der Waals surface area contributed by atoms with Crippen LogP contribution in [0.15, 0.2) is 72.6 Å². The van der Waals surface area contributed by atoms with Crippen LogP contribution in [0.5, 0.6) is 0 Å². The Hall–Kier alpha value is -3.97. The van der Waals surface area contributed by atoms with Gasteiger partial charge in [0.1, 0.15) is 5.82 Å². The van der Waals surface area contributed by atoms with E-state index in [-0.39, 0.29) is 5.91 Å². The van der Waals surface area contributed by atoms with Gasteiger partial charge >= 0.3 is 0 Å². The molecule has 0 fully saturated rings. The lowest BCUT2D eigenvalue weighted by Gasteiger charge is -2.05. The third-order valence-electron chi connectivity index (χ3n) is 5.15. The van der Waals surface area contributed by atoms with Gasteiger partial charge in [-0.05, 0) is 58.3 Å². The van der Waals surface area contributed by atoms with Crippen LogP contribution in [0.25, 0.3) is 38.2 Å². The number of anilines is 1. The molecule has 0 spiro atoms. The number of pyridine rings is 2. The van der Waals surface area contributed by atoms with E-state index in [1.807, 2.05) is 24.4 Å². The van der Waals surface area contributed by atoms with Crippen molar-refractivity contribution in [2.75, 3.05) is 5.73 Å². The lowest BCUT2D eigenvalue weighted by Crippen LogP contribution is -2.20. The first kappa shape index (κ1) is 19.0. The SMILES string of the molecule is Nc1ncc(C=CC(=O)NCc2ccncc2)c2scc(-c3ccc4[nH]ccc4c3)c12. The minimum atomic E-state index is -0.170. The summed E-state index contributed by atoms with van der Waals surface area (Å²) in [5.41, 5.74) is 11.3. The van der Waals surface area contributed by atoms with Gasteiger partial charge in [-0.2, -0.15) is 0 Å². The number of rotatable bonds is 5. The fraction of sp³-hybridized carbons (Fsp3) is 0.0417. The zero-order valence-corrected chi connectivity index (χ0v) is 17.3. The number of aromatic nitrogens is 3. The maximum absolute atomic E-state index is 12.3. The number of amides is 1. The second-order valence-electron chi connectivity index (χ2n) is 7.14. The van der Waals surface area contributed by atoms with Gasteiger partial charge in [0.05, 0.1) is 0 Å². The molecule has 0 aliphatic heterocycles. The van der Waals surface area contributed by atoms with E-state index in [9.17, 15) is 4.79 Å².